The maximum Gasteiger partial charge on any atom is 0.0358 e. The third-order valence-electron chi connectivity index (χ3n) is 6.92. The predicted molar refractivity (Wildman–Crippen MR) is 132 cm³/mol. The molecular formula is C31H20. The summed E-state index contributed by atoms with van der Waals surface area (Å²) in [5.41, 5.74) is 7.01. The average molecular weight is 393 g/mol. The van der Waals surface area contributed by atoms with Gasteiger partial charge in [-0.15, -0.1) is 0 Å². The Hall–Kier alpha value is -3.90. The van der Waals surface area contributed by atoms with E-state index in [0.717, 1.165) is 0 Å². The van der Waals surface area contributed by atoms with Crippen molar-refractivity contribution in [2.75, 3.05) is 0 Å². The molecule has 0 unspecified atom stereocenters. The highest BCUT2D eigenvalue weighted by Crippen LogP contribution is 2.54. The second kappa shape index (κ2) is 6.30. The molecule has 0 N–H and O–H groups in total. The van der Waals surface area contributed by atoms with Gasteiger partial charge in [0, 0.05) is 5.92 Å². The second-order valence-corrected chi connectivity index (χ2v) is 8.47. The first kappa shape index (κ1) is 16.8. The zero-order chi connectivity index (χ0) is 20.4. The highest BCUT2D eigenvalue weighted by molar-refractivity contribution is 6.25. The maximum atomic E-state index is 2.32. The van der Waals surface area contributed by atoms with Crippen molar-refractivity contribution in [1.29, 1.82) is 0 Å². The van der Waals surface area contributed by atoms with Crippen LogP contribution in [0.25, 0.3) is 43.4 Å². The first-order valence-electron chi connectivity index (χ1n) is 10.9. The van der Waals surface area contributed by atoms with Crippen LogP contribution in [0.15, 0.2) is 115 Å². The molecule has 0 aliphatic heterocycles. The molecule has 0 nitrogen and oxygen atoms in total. The van der Waals surface area contributed by atoms with Gasteiger partial charge in [-0.25, -0.2) is 0 Å². The van der Waals surface area contributed by atoms with Crippen LogP contribution in [0, 0.1) is 0 Å². The molecule has 0 saturated heterocycles. The van der Waals surface area contributed by atoms with E-state index in [1.54, 1.807) is 0 Å². The summed E-state index contributed by atoms with van der Waals surface area (Å²) in [6, 6.07) is 42.3. The fourth-order valence-electron chi connectivity index (χ4n) is 5.69. The maximum absolute atomic E-state index is 2.32. The molecule has 0 aromatic heterocycles. The van der Waals surface area contributed by atoms with Crippen LogP contribution in [-0.4, -0.2) is 0 Å². The van der Waals surface area contributed by atoms with Crippen molar-refractivity contribution >= 4 is 32.3 Å². The average Bonchev–Trinajstić information content (AvgIpc) is 3.20. The molecule has 1 aliphatic rings. The molecule has 0 heterocycles. The Balaban J connectivity index is 1.78. The normalized spacial score (nSPS) is 14.8. The third kappa shape index (κ3) is 2.25. The molecule has 0 bridgehead atoms. The van der Waals surface area contributed by atoms with Crippen LogP contribution in [0.1, 0.15) is 22.6 Å². The van der Waals surface area contributed by atoms with Crippen molar-refractivity contribution in [3.63, 3.8) is 0 Å². The van der Waals surface area contributed by atoms with E-state index in [4.69, 9.17) is 0 Å². The lowest BCUT2D eigenvalue weighted by Gasteiger charge is -2.19. The zero-order valence-corrected chi connectivity index (χ0v) is 17.0. The highest BCUT2D eigenvalue weighted by atomic mass is 14.4. The van der Waals surface area contributed by atoms with Crippen molar-refractivity contribution in [2.45, 2.75) is 5.92 Å². The number of fused-ring (bicyclic) bond motifs is 10. The van der Waals surface area contributed by atoms with Crippen LogP contribution < -0.4 is 0 Å². The molecule has 0 heteroatoms. The van der Waals surface area contributed by atoms with Gasteiger partial charge in [-0.1, -0.05) is 115 Å². The summed E-state index contributed by atoms with van der Waals surface area (Å²) in [6.07, 6.45) is 0. The highest BCUT2D eigenvalue weighted by Gasteiger charge is 2.33. The smallest absolute Gasteiger partial charge is 0.0358 e. The summed E-state index contributed by atoms with van der Waals surface area (Å²) < 4.78 is 0. The SMILES string of the molecule is c1ccc([C@@H]2c3ccccc3-c3c2c2ccccc2c2ccc4ccccc4c32)cc1. The van der Waals surface area contributed by atoms with Gasteiger partial charge in [-0.05, 0) is 60.1 Å². The van der Waals surface area contributed by atoms with Gasteiger partial charge in [0.2, 0.25) is 0 Å². The minimum atomic E-state index is 0.251. The molecule has 144 valence electrons. The van der Waals surface area contributed by atoms with E-state index >= 15 is 0 Å². The summed E-state index contributed by atoms with van der Waals surface area (Å²) >= 11 is 0. The van der Waals surface area contributed by atoms with Crippen LogP contribution in [-0.2, 0) is 0 Å². The number of rotatable bonds is 1. The van der Waals surface area contributed by atoms with Crippen LogP contribution in [0.3, 0.4) is 0 Å². The Morgan fingerprint density at radius 2 is 1.13 bits per heavy atom. The summed E-state index contributed by atoms with van der Waals surface area (Å²) in [4.78, 5) is 0. The van der Waals surface area contributed by atoms with Crippen molar-refractivity contribution in [1.82, 2.24) is 0 Å². The predicted octanol–water partition coefficient (Wildman–Crippen LogP) is 8.31. The van der Waals surface area contributed by atoms with Gasteiger partial charge >= 0.3 is 0 Å². The molecule has 0 spiro atoms. The Morgan fingerprint density at radius 3 is 2.00 bits per heavy atom. The molecular weight excluding hydrogens is 372 g/mol. The van der Waals surface area contributed by atoms with Crippen LogP contribution >= 0.6 is 0 Å². The molecule has 31 heavy (non-hydrogen) atoms. The van der Waals surface area contributed by atoms with E-state index in [2.05, 4.69) is 115 Å². The van der Waals surface area contributed by atoms with Gasteiger partial charge in [-0.3, -0.25) is 0 Å². The summed E-state index contributed by atoms with van der Waals surface area (Å²) in [6.45, 7) is 0. The molecule has 0 radical (unpaired) electrons. The largest absolute Gasteiger partial charge is 0.0622 e. The van der Waals surface area contributed by atoms with Gasteiger partial charge in [-0.2, -0.15) is 0 Å². The third-order valence-corrected chi connectivity index (χ3v) is 6.92. The van der Waals surface area contributed by atoms with E-state index in [9.17, 15) is 0 Å². The fraction of sp³-hybridized carbons (Fsp3) is 0.0323. The lowest BCUT2D eigenvalue weighted by Crippen LogP contribution is -2.00. The fourth-order valence-corrected chi connectivity index (χ4v) is 5.69. The van der Waals surface area contributed by atoms with Crippen LogP contribution in [0.4, 0.5) is 0 Å². The molecule has 6 aromatic rings. The quantitative estimate of drug-likeness (QED) is 0.246. The van der Waals surface area contributed by atoms with Crippen molar-refractivity contribution in [3.8, 4) is 11.1 Å². The van der Waals surface area contributed by atoms with Crippen LogP contribution in [0.5, 0.6) is 0 Å². The zero-order valence-electron chi connectivity index (χ0n) is 17.0. The molecule has 1 aliphatic carbocycles. The number of benzene rings is 6. The van der Waals surface area contributed by atoms with Crippen molar-refractivity contribution in [3.05, 3.63) is 132 Å². The molecule has 0 saturated carbocycles. The number of hydrogen-bond acceptors (Lipinski definition) is 0. The van der Waals surface area contributed by atoms with Gasteiger partial charge < -0.3 is 0 Å². The summed E-state index contributed by atoms with van der Waals surface area (Å²) in [5.74, 6) is 0.251. The Morgan fingerprint density at radius 1 is 0.452 bits per heavy atom. The topological polar surface area (TPSA) is 0 Å². The standard InChI is InChI=1S/C31H20/c1-2-11-21(12-3-1)28-25-16-8-9-17-26(25)31-29-22-13-5-4-10-20(22)18-19-27(29)23-14-6-7-15-24(23)30(28)31/h1-19,28H/t28-/m1/s1. The Bertz CT molecular complexity index is 1620. The first-order valence-corrected chi connectivity index (χ1v) is 10.9. The van der Waals surface area contributed by atoms with Gasteiger partial charge in [0.15, 0.2) is 0 Å². The minimum Gasteiger partial charge on any atom is -0.0622 e. The van der Waals surface area contributed by atoms with E-state index in [1.165, 1.54) is 60.1 Å². The molecule has 1 atom stereocenters. The van der Waals surface area contributed by atoms with Crippen molar-refractivity contribution < 1.29 is 0 Å². The van der Waals surface area contributed by atoms with Gasteiger partial charge in [0.05, 0.1) is 0 Å². The van der Waals surface area contributed by atoms with Gasteiger partial charge in [0.1, 0.15) is 0 Å². The lowest BCUT2D eigenvalue weighted by atomic mass is 9.84. The monoisotopic (exact) mass is 392 g/mol. The number of hydrogen-bond donors (Lipinski definition) is 0. The molecule has 0 amide bonds. The molecule has 0 fully saturated rings. The molecule has 7 rings (SSSR count). The van der Waals surface area contributed by atoms with Crippen LogP contribution in [0.2, 0.25) is 0 Å². The summed E-state index contributed by atoms with van der Waals surface area (Å²) in [7, 11) is 0. The van der Waals surface area contributed by atoms with E-state index < -0.39 is 0 Å². The summed E-state index contributed by atoms with van der Waals surface area (Å²) in [5, 5.41) is 8.08. The molecule has 6 aromatic carbocycles. The van der Waals surface area contributed by atoms with Gasteiger partial charge in [0.25, 0.3) is 0 Å². The van der Waals surface area contributed by atoms with E-state index in [1.807, 2.05) is 0 Å². The Kier molecular flexibility index (Phi) is 3.42. The second-order valence-electron chi connectivity index (χ2n) is 8.47. The lowest BCUT2D eigenvalue weighted by molar-refractivity contribution is 1.03. The van der Waals surface area contributed by atoms with E-state index in [-0.39, 0.29) is 5.92 Å². The Labute approximate surface area is 181 Å². The van der Waals surface area contributed by atoms with Crippen molar-refractivity contribution in [2.24, 2.45) is 0 Å². The van der Waals surface area contributed by atoms with E-state index in [0.29, 0.717) is 0 Å². The first-order chi connectivity index (χ1) is 15.4. The minimum absolute atomic E-state index is 0.251.